The van der Waals surface area contributed by atoms with E-state index in [-0.39, 0.29) is 23.9 Å². The summed E-state index contributed by atoms with van der Waals surface area (Å²) in [6, 6.07) is 8.05. The van der Waals surface area contributed by atoms with Crippen LogP contribution in [0.1, 0.15) is 23.7 Å². The zero-order valence-corrected chi connectivity index (χ0v) is 7.90. The number of phenolic OH excluding ortho intramolecular Hbond substituents is 1. The van der Waals surface area contributed by atoms with Gasteiger partial charge in [-0.15, -0.1) is 0 Å². The van der Waals surface area contributed by atoms with Gasteiger partial charge in [0.1, 0.15) is 5.75 Å². The van der Waals surface area contributed by atoms with Gasteiger partial charge in [-0.05, 0) is 31.2 Å². The van der Waals surface area contributed by atoms with E-state index in [1.54, 1.807) is 19.1 Å². The lowest BCUT2D eigenvalue weighted by molar-refractivity contribution is 0.0973. The molecule has 0 radical (unpaired) electrons. The van der Waals surface area contributed by atoms with E-state index >= 15 is 0 Å². The Balaban J connectivity index is 2.71. The number of ketones is 1. The van der Waals surface area contributed by atoms with Gasteiger partial charge in [0.2, 0.25) is 0 Å². The first-order valence-electron chi connectivity index (χ1n) is 4.35. The standard InChI is InChI=1S/C11H11NO2/c1-8(7-12)6-11(14)9-2-4-10(13)5-3-9/h2-5,8,13H,6H2,1H3. The van der Waals surface area contributed by atoms with Gasteiger partial charge in [0, 0.05) is 12.0 Å². The first kappa shape index (κ1) is 10.3. The van der Waals surface area contributed by atoms with Gasteiger partial charge in [-0.1, -0.05) is 0 Å². The van der Waals surface area contributed by atoms with E-state index in [4.69, 9.17) is 10.4 Å². The molecule has 0 heterocycles. The van der Waals surface area contributed by atoms with E-state index in [1.165, 1.54) is 12.1 Å². The third-order valence-electron chi connectivity index (χ3n) is 1.90. The molecule has 72 valence electrons. The SMILES string of the molecule is CC(C#N)CC(=O)c1ccc(O)cc1. The molecule has 0 amide bonds. The molecule has 1 atom stereocenters. The molecular weight excluding hydrogens is 178 g/mol. The highest BCUT2D eigenvalue weighted by atomic mass is 16.3. The van der Waals surface area contributed by atoms with Crippen molar-refractivity contribution in [3.63, 3.8) is 0 Å². The Bertz CT molecular complexity index is 362. The van der Waals surface area contributed by atoms with E-state index in [1.807, 2.05) is 6.07 Å². The summed E-state index contributed by atoms with van der Waals surface area (Å²) in [5.74, 6) is -0.203. The van der Waals surface area contributed by atoms with Crippen molar-refractivity contribution in [3.05, 3.63) is 29.8 Å². The average molecular weight is 189 g/mol. The highest BCUT2D eigenvalue weighted by Gasteiger charge is 2.10. The molecule has 0 aliphatic carbocycles. The molecule has 14 heavy (non-hydrogen) atoms. The highest BCUT2D eigenvalue weighted by Crippen LogP contribution is 2.13. The third kappa shape index (κ3) is 2.60. The summed E-state index contributed by atoms with van der Waals surface area (Å²) in [5, 5.41) is 17.5. The number of carbonyl (C=O) groups is 1. The van der Waals surface area contributed by atoms with Gasteiger partial charge in [-0.2, -0.15) is 5.26 Å². The predicted octanol–water partition coefficient (Wildman–Crippen LogP) is 2.12. The van der Waals surface area contributed by atoms with Crippen LogP contribution in [0.3, 0.4) is 0 Å². The number of carbonyl (C=O) groups excluding carboxylic acids is 1. The average Bonchev–Trinajstić information content (AvgIpc) is 2.18. The largest absolute Gasteiger partial charge is 0.508 e. The second-order valence-corrected chi connectivity index (χ2v) is 3.20. The maximum atomic E-state index is 11.5. The van der Waals surface area contributed by atoms with Gasteiger partial charge in [0.15, 0.2) is 5.78 Å². The zero-order chi connectivity index (χ0) is 10.6. The zero-order valence-electron chi connectivity index (χ0n) is 7.90. The first-order valence-corrected chi connectivity index (χ1v) is 4.35. The van der Waals surface area contributed by atoms with Crippen molar-refractivity contribution in [2.24, 2.45) is 5.92 Å². The van der Waals surface area contributed by atoms with Crippen LogP contribution in [0, 0.1) is 17.2 Å². The van der Waals surface area contributed by atoms with Crippen molar-refractivity contribution in [1.82, 2.24) is 0 Å². The highest BCUT2D eigenvalue weighted by molar-refractivity contribution is 5.96. The maximum absolute atomic E-state index is 11.5. The topological polar surface area (TPSA) is 61.1 Å². The fourth-order valence-electron chi connectivity index (χ4n) is 1.09. The summed E-state index contributed by atoms with van der Waals surface area (Å²) in [5.41, 5.74) is 0.532. The Morgan fingerprint density at radius 2 is 2.07 bits per heavy atom. The normalized spacial score (nSPS) is 11.7. The number of hydrogen-bond donors (Lipinski definition) is 1. The number of benzene rings is 1. The Morgan fingerprint density at radius 1 is 1.50 bits per heavy atom. The molecule has 1 aromatic rings. The van der Waals surface area contributed by atoms with Crippen LogP contribution in [-0.2, 0) is 0 Å². The van der Waals surface area contributed by atoms with Crippen LogP contribution in [0.2, 0.25) is 0 Å². The Kier molecular flexibility index (Phi) is 3.24. The van der Waals surface area contributed by atoms with Crippen molar-refractivity contribution in [3.8, 4) is 11.8 Å². The number of phenols is 1. The Morgan fingerprint density at radius 3 is 2.57 bits per heavy atom. The van der Waals surface area contributed by atoms with E-state index in [2.05, 4.69) is 0 Å². The fourth-order valence-corrected chi connectivity index (χ4v) is 1.09. The first-order chi connectivity index (χ1) is 6.63. The molecule has 0 bridgehead atoms. The monoisotopic (exact) mass is 189 g/mol. The summed E-state index contributed by atoms with van der Waals surface area (Å²) >= 11 is 0. The second kappa shape index (κ2) is 4.43. The van der Waals surface area contributed by atoms with Crippen LogP contribution in [0.4, 0.5) is 0 Å². The lowest BCUT2D eigenvalue weighted by Gasteiger charge is -2.01. The second-order valence-electron chi connectivity index (χ2n) is 3.20. The molecular formula is C11H11NO2. The Hall–Kier alpha value is -1.82. The van der Waals surface area contributed by atoms with Gasteiger partial charge < -0.3 is 5.11 Å². The van der Waals surface area contributed by atoms with Gasteiger partial charge in [0.25, 0.3) is 0 Å². The maximum Gasteiger partial charge on any atom is 0.164 e. The number of nitrogens with zero attached hydrogens (tertiary/aromatic N) is 1. The van der Waals surface area contributed by atoms with Crippen LogP contribution < -0.4 is 0 Å². The van der Waals surface area contributed by atoms with Crippen molar-refractivity contribution in [2.45, 2.75) is 13.3 Å². The number of hydrogen-bond acceptors (Lipinski definition) is 3. The van der Waals surface area contributed by atoms with Crippen LogP contribution in [0.25, 0.3) is 0 Å². The van der Waals surface area contributed by atoms with Gasteiger partial charge in [-0.25, -0.2) is 0 Å². The quantitative estimate of drug-likeness (QED) is 0.741. The summed E-state index contributed by atoms with van der Waals surface area (Å²) in [7, 11) is 0. The van der Waals surface area contributed by atoms with Crippen LogP contribution in [0.5, 0.6) is 5.75 Å². The lowest BCUT2D eigenvalue weighted by Crippen LogP contribution is -2.03. The molecule has 0 fully saturated rings. The molecule has 0 aliphatic heterocycles. The molecule has 1 aromatic carbocycles. The van der Waals surface area contributed by atoms with E-state index in [0.717, 1.165) is 0 Å². The van der Waals surface area contributed by atoms with Crippen molar-refractivity contribution < 1.29 is 9.90 Å². The number of rotatable bonds is 3. The Labute approximate surface area is 82.6 Å². The van der Waals surface area contributed by atoms with Gasteiger partial charge in [0.05, 0.1) is 12.0 Å². The minimum atomic E-state index is -0.267. The lowest BCUT2D eigenvalue weighted by atomic mass is 10.0. The molecule has 1 N–H and O–H groups in total. The molecule has 0 saturated heterocycles. The summed E-state index contributed by atoms with van der Waals surface area (Å²) in [4.78, 5) is 11.5. The fraction of sp³-hybridized carbons (Fsp3) is 0.273. The van der Waals surface area contributed by atoms with E-state index in [9.17, 15) is 4.79 Å². The van der Waals surface area contributed by atoms with Crippen molar-refractivity contribution in [1.29, 1.82) is 5.26 Å². The molecule has 3 heteroatoms. The molecule has 0 aromatic heterocycles. The minimum absolute atomic E-state index is 0.0703. The van der Waals surface area contributed by atoms with Crippen LogP contribution >= 0.6 is 0 Å². The van der Waals surface area contributed by atoms with Crippen molar-refractivity contribution in [2.75, 3.05) is 0 Å². The van der Waals surface area contributed by atoms with E-state index < -0.39 is 0 Å². The van der Waals surface area contributed by atoms with Crippen LogP contribution in [0.15, 0.2) is 24.3 Å². The molecule has 0 saturated carbocycles. The predicted molar refractivity (Wildman–Crippen MR) is 51.8 cm³/mol. The number of nitriles is 1. The summed E-state index contributed by atoms with van der Waals surface area (Å²) in [6.45, 7) is 1.71. The molecule has 1 rings (SSSR count). The minimum Gasteiger partial charge on any atom is -0.508 e. The molecule has 0 spiro atoms. The third-order valence-corrected chi connectivity index (χ3v) is 1.90. The van der Waals surface area contributed by atoms with Gasteiger partial charge >= 0.3 is 0 Å². The van der Waals surface area contributed by atoms with Gasteiger partial charge in [-0.3, -0.25) is 4.79 Å². The number of Topliss-reactive ketones (excluding diaryl/α,β-unsaturated/α-hetero) is 1. The summed E-state index contributed by atoms with van der Waals surface area (Å²) in [6.07, 6.45) is 0.223. The molecule has 1 unspecified atom stereocenters. The smallest absolute Gasteiger partial charge is 0.164 e. The van der Waals surface area contributed by atoms with E-state index in [0.29, 0.717) is 5.56 Å². The van der Waals surface area contributed by atoms with Crippen LogP contribution in [-0.4, -0.2) is 10.9 Å². The summed E-state index contributed by atoms with van der Waals surface area (Å²) < 4.78 is 0. The van der Waals surface area contributed by atoms with Crippen molar-refractivity contribution >= 4 is 5.78 Å². The molecule has 3 nitrogen and oxygen atoms in total. The number of aromatic hydroxyl groups is 1. The molecule has 0 aliphatic rings.